The second-order valence-corrected chi connectivity index (χ2v) is 9.46. The lowest BCUT2D eigenvalue weighted by molar-refractivity contribution is 0.883. The topological polar surface area (TPSA) is 24.9 Å². The van der Waals surface area contributed by atoms with Gasteiger partial charge in [-0.25, -0.2) is 4.98 Å². The highest BCUT2D eigenvalue weighted by Gasteiger charge is 2.13. The fraction of sp³-hybridized carbons (Fsp3) is 0.207. The van der Waals surface area contributed by atoms with Crippen molar-refractivity contribution in [1.82, 2.24) is 10.3 Å². The SMILES string of the molecule is C=C(NCc1cc(C2=CC(C)=CCC=C2)ccc1C)c1sc(-c2ccc(C)cc2)nc1C. The van der Waals surface area contributed by atoms with E-state index in [1.165, 1.54) is 33.4 Å². The number of nitrogens with one attached hydrogen (secondary N) is 1. The molecule has 0 bridgehead atoms. The van der Waals surface area contributed by atoms with Gasteiger partial charge in [-0.15, -0.1) is 11.3 Å². The minimum Gasteiger partial charge on any atom is -0.380 e. The van der Waals surface area contributed by atoms with Crippen LogP contribution in [0.1, 0.15) is 46.2 Å². The van der Waals surface area contributed by atoms with Crippen molar-refractivity contribution in [3.05, 3.63) is 112 Å². The van der Waals surface area contributed by atoms with Crippen LogP contribution in [0, 0.1) is 20.8 Å². The Morgan fingerprint density at radius 1 is 1.03 bits per heavy atom. The Morgan fingerprint density at radius 2 is 1.78 bits per heavy atom. The first kappa shape index (κ1) is 22.0. The van der Waals surface area contributed by atoms with Crippen molar-refractivity contribution in [3.8, 4) is 10.6 Å². The third-order valence-electron chi connectivity index (χ3n) is 5.80. The first-order valence-corrected chi connectivity index (χ1v) is 11.8. The average Bonchev–Trinajstić information content (AvgIpc) is 3.03. The quantitative estimate of drug-likeness (QED) is 0.425. The number of hydrogen-bond donors (Lipinski definition) is 1. The van der Waals surface area contributed by atoms with Crippen LogP contribution in [0.25, 0.3) is 21.8 Å². The first-order valence-electron chi connectivity index (χ1n) is 11.0. The van der Waals surface area contributed by atoms with Crippen LogP contribution in [0.3, 0.4) is 0 Å². The van der Waals surface area contributed by atoms with E-state index in [1.54, 1.807) is 11.3 Å². The van der Waals surface area contributed by atoms with E-state index in [0.717, 1.165) is 39.8 Å². The number of rotatable bonds is 6. The molecule has 1 aliphatic carbocycles. The van der Waals surface area contributed by atoms with Gasteiger partial charge in [0.15, 0.2) is 0 Å². The minimum absolute atomic E-state index is 0.738. The molecule has 1 aromatic heterocycles. The fourth-order valence-corrected chi connectivity index (χ4v) is 4.82. The lowest BCUT2D eigenvalue weighted by Gasteiger charge is -2.13. The summed E-state index contributed by atoms with van der Waals surface area (Å²) in [5.74, 6) is 0. The molecule has 4 rings (SSSR count). The van der Waals surface area contributed by atoms with E-state index >= 15 is 0 Å². The predicted molar refractivity (Wildman–Crippen MR) is 140 cm³/mol. The van der Waals surface area contributed by atoms with Crippen molar-refractivity contribution >= 4 is 22.6 Å². The summed E-state index contributed by atoms with van der Waals surface area (Å²) in [6.45, 7) is 13.5. The van der Waals surface area contributed by atoms with Crippen LogP contribution < -0.4 is 5.32 Å². The molecule has 3 aromatic rings. The molecule has 1 heterocycles. The summed E-state index contributed by atoms with van der Waals surface area (Å²) in [6, 6.07) is 15.2. The maximum atomic E-state index is 4.79. The fourth-order valence-electron chi connectivity index (χ4n) is 3.80. The van der Waals surface area contributed by atoms with Crippen molar-refractivity contribution in [3.63, 3.8) is 0 Å². The Morgan fingerprint density at radius 3 is 2.56 bits per heavy atom. The third-order valence-corrected chi connectivity index (χ3v) is 7.07. The summed E-state index contributed by atoms with van der Waals surface area (Å²) >= 11 is 1.70. The summed E-state index contributed by atoms with van der Waals surface area (Å²) in [5.41, 5.74) is 10.7. The minimum atomic E-state index is 0.738. The van der Waals surface area contributed by atoms with Crippen LogP contribution in [0.5, 0.6) is 0 Å². The van der Waals surface area contributed by atoms with E-state index < -0.39 is 0 Å². The Bertz CT molecular complexity index is 1240. The monoisotopic (exact) mass is 438 g/mol. The summed E-state index contributed by atoms with van der Waals surface area (Å²) in [4.78, 5) is 5.91. The van der Waals surface area contributed by atoms with Crippen LogP contribution in [0.15, 0.2) is 78.9 Å². The van der Waals surface area contributed by atoms with E-state index in [4.69, 9.17) is 4.98 Å². The van der Waals surface area contributed by atoms with Gasteiger partial charge in [0.2, 0.25) is 0 Å². The van der Waals surface area contributed by atoms with E-state index in [1.807, 2.05) is 0 Å². The van der Waals surface area contributed by atoms with E-state index in [-0.39, 0.29) is 0 Å². The van der Waals surface area contributed by atoms with E-state index in [9.17, 15) is 0 Å². The maximum Gasteiger partial charge on any atom is 0.124 e. The summed E-state index contributed by atoms with van der Waals surface area (Å²) < 4.78 is 0. The van der Waals surface area contributed by atoms with E-state index in [2.05, 4.69) is 106 Å². The first-order chi connectivity index (χ1) is 15.4. The Labute approximate surface area is 195 Å². The molecular weight excluding hydrogens is 408 g/mol. The van der Waals surface area contributed by atoms with Crippen LogP contribution in [0.2, 0.25) is 0 Å². The molecule has 1 N–H and O–H groups in total. The van der Waals surface area contributed by atoms with Crippen LogP contribution in [-0.2, 0) is 6.54 Å². The van der Waals surface area contributed by atoms with Gasteiger partial charge >= 0.3 is 0 Å². The Balaban J connectivity index is 1.51. The predicted octanol–water partition coefficient (Wildman–Crippen LogP) is 7.79. The number of thiazole rings is 1. The number of aromatic nitrogens is 1. The smallest absolute Gasteiger partial charge is 0.124 e. The molecule has 0 saturated carbocycles. The van der Waals surface area contributed by atoms with Gasteiger partial charge in [-0.1, -0.05) is 78.4 Å². The van der Waals surface area contributed by atoms with Crippen molar-refractivity contribution in [2.45, 2.75) is 40.7 Å². The molecule has 0 atom stereocenters. The number of benzene rings is 2. The standard InChI is InChI=1S/C29H30N2S/c1-19-10-13-24(14-11-19)29-31-23(5)28(32-29)22(4)30-18-27-17-26(15-12-21(27)3)25-9-7-6-8-20(2)16-25/h7-17,30H,4,6,18H2,1-3,5H3. The molecule has 0 fully saturated rings. The zero-order valence-corrected chi connectivity index (χ0v) is 20.1. The van der Waals surface area contributed by atoms with Gasteiger partial charge in [0.05, 0.1) is 10.6 Å². The lowest BCUT2D eigenvalue weighted by atomic mass is 9.98. The molecule has 2 aromatic carbocycles. The van der Waals surface area contributed by atoms with Crippen LogP contribution in [0.4, 0.5) is 0 Å². The third kappa shape index (κ3) is 5.00. The van der Waals surface area contributed by atoms with Gasteiger partial charge < -0.3 is 5.32 Å². The molecule has 1 aliphatic rings. The average molecular weight is 439 g/mol. The molecule has 32 heavy (non-hydrogen) atoms. The second kappa shape index (κ2) is 9.54. The molecule has 3 heteroatoms. The largest absolute Gasteiger partial charge is 0.380 e. The highest BCUT2D eigenvalue weighted by Crippen LogP contribution is 2.31. The number of hydrogen-bond acceptors (Lipinski definition) is 3. The summed E-state index contributed by atoms with van der Waals surface area (Å²) in [7, 11) is 0. The molecule has 0 amide bonds. The van der Waals surface area contributed by atoms with Crippen molar-refractivity contribution < 1.29 is 0 Å². The Hall–Kier alpha value is -3.17. The lowest BCUT2D eigenvalue weighted by Crippen LogP contribution is -2.12. The summed E-state index contributed by atoms with van der Waals surface area (Å²) in [6.07, 6.45) is 9.95. The molecule has 0 radical (unpaired) electrons. The molecule has 2 nitrogen and oxygen atoms in total. The van der Waals surface area contributed by atoms with Crippen LogP contribution in [-0.4, -0.2) is 4.98 Å². The molecule has 162 valence electrons. The van der Waals surface area contributed by atoms with Gasteiger partial charge in [-0.05, 0) is 62.4 Å². The van der Waals surface area contributed by atoms with Gasteiger partial charge in [-0.2, -0.15) is 0 Å². The molecule has 0 saturated heterocycles. The Kier molecular flexibility index (Phi) is 6.57. The van der Waals surface area contributed by atoms with Crippen molar-refractivity contribution in [2.24, 2.45) is 0 Å². The highest BCUT2D eigenvalue weighted by molar-refractivity contribution is 7.16. The maximum absolute atomic E-state index is 4.79. The number of allylic oxidation sites excluding steroid dienone is 6. The van der Waals surface area contributed by atoms with Gasteiger partial charge in [0, 0.05) is 17.8 Å². The van der Waals surface area contributed by atoms with Crippen LogP contribution >= 0.6 is 11.3 Å². The van der Waals surface area contributed by atoms with Crippen molar-refractivity contribution in [1.29, 1.82) is 0 Å². The molecule has 0 aliphatic heterocycles. The van der Waals surface area contributed by atoms with E-state index in [0.29, 0.717) is 0 Å². The van der Waals surface area contributed by atoms with Gasteiger partial charge in [-0.3, -0.25) is 0 Å². The zero-order valence-electron chi connectivity index (χ0n) is 19.3. The van der Waals surface area contributed by atoms with Crippen molar-refractivity contribution in [2.75, 3.05) is 0 Å². The molecule has 0 spiro atoms. The molecule has 0 unspecified atom stereocenters. The summed E-state index contributed by atoms with van der Waals surface area (Å²) in [5, 5.41) is 4.59. The molecular formula is C29H30N2S. The second-order valence-electron chi connectivity index (χ2n) is 8.46. The zero-order chi connectivity index (χ0) is 22.7. The van der Waals surface area contributed by atoms with Gasteiger partial charge in [0.1, 0.15) is 5.01 Å². The number of aryl methyl sites for hydroxylation is 3. The number of nitrogens with zero attached hydrogens (tertiary/aromatic N) is 1. The highest BCUT2D eigenvalue weighted by atomic mass is 32.1. The van der Waals surface area contributed by atoms with Gasteiger partial charge in [0.25, 0.3) is 0 Å². The normalized spacial score (nSPS) is 13.4.